The first kappa shape index (κ1) is 11.7. The molecule has 0 saturated carbocycles. The van der Waals surface area contributed by atoms with Crippen LogP contribution < -0.4 is 5.32 Å². The number of nitrogens with zero attached hydrogens (tertiary/aromatic N) is 2. The van der Waals surface area contributed by atoms with E-state index < -0.39 is 4.92 Å². The Bertz CT molecular complexity index is 567. The van der Waals surface area contributed by atoms with Crippen LogP contribution in [-0.2, 0) is 0 Å². The summed E-state index contributed by atoms with van der Waals surface area (Å²) >= 11 is 0. The zero-order valence-electron chi connectivity index (χ0n) is 9.24. The van der Waals surface area contributed by atoms with Gasteiger partial charge in [0.1, 0.15) is 12.0 Å². The van der Waals surface area contributed by atoms with Gasteiger partial charge in [-0.2, -0.15) is 0 Å². The molecule has 90 valence electrons. The standard InChI is InChI=1S/C12H9N3O3/c16-12(9-4-2-1-3-5-9)14-11-7-6-10(8-13-11)15(17)18/h1-8H,(H,13,14,16). The number of aromatic nitrogens is 1. The van der Waals surface area contributed by atoms with Crippen LogP contribution in [0, 0.1) is 10.1 Å². The van der Waals surface area contributed by atoms with Crippen LogP contribution in [0.15, 0.2) is 48.7 Å². The molecule has 0 saturated heterocycles. The minimum atomic E-state index is -0.546. The molecule has 0 unspecified atom stereocenters. The van der Waals surface area contributed by atoms with Gasteiger partial charge in [0.2, 0.25) is 0 Å². The van der Waals surface area contributed by atoms with E-state index in [9.17, 15) is 14.9 Å². The second kappa shape index (κ2) is 5.05. The number of benzene rings is 1. The van der Waals surface area contributed by atoms with E-state index in [1.807, 2.05) is 0 Å². The average molecular weight is 243 g/mol. The van der Waals surface area contributed by atoms with Gasteiger partial charge in [0, 0.05) is 11.6 Å². The molecule has 0 bridgehead atoms. The van der Waals surface area contributed by atoms with Crippen LogP contribution in [0.3, 0.4) is 0 Å². The highest BCUT2D eigenvalue weighted by Gasteiger charge is 2.08. The van der Waals surface area contributed by atoms with Gasteiger partial charge in [-0.3, -0.25) is 14.9 Å². The van der Waals surface area contributed by atoms with Crippen molar-refractivity contribution in [2.75, 3.05) is 5.32 Å². The van der Waals surface area contributed by atoms with Crippen molar-refractivity contribution in [3.8, 4) is 0 Å². The summed E-state index contributed by atoms with van der Waals surface area (Å²) < 4.78 is 0. The molecule has 6 nitrogen and oxygen atoms in total. The molecule has 0 radical (unpaired) electrons. The highest BCUT2D eigenvalue weighted by molar-refractivity contribution is 6.03. The Labute approximate surface area is 102 Å². The zero-order chi connectivity index (χ0) is 13.0. The van der Waals surface area contributed by atoms with Gasteiger partial charge in [-0.25, -0.2) is 4.98 Å². The lowest BCUT2D eigenvalue weighted by molar-refractivity contribution is -0.385. The molecule has 1 N–H and O–H groups in total. The van der Waals surface area contributed by atoms with Crippen LogP contribution >= 0.6 is 0 Å². The van der Waals surface area contributed by atoms with E-state index in [4.69, 9.17) is 0 Å². The van der Waals surface area contributed by atoms with E-state index in [0.29, 0.717) is 5.56 Å². The van der Waals surface area contributed by atoms with Gasteiger partial charge in [0.05, 0.1) is 4.92 Å². The molecule has 0 atom stereocenters. The number of hydrogen-bond acceptors (Lipinski definition) is 4. The first-order valence-electron chi connectivity index (χ1n) is 5.13. The van der Waals surface area contributed by atoms with Crippen molar-refractivity contribution in [3.63, 3.8) is 0 Å². The van der Waals surface area contributed by atoms with Crippen LogP contribution in [-0.4, -0.2) is 15.8 Å². The second-order valence-electron chi connectivity index (χ2n) is 3.48. The molecule has 0 aliphatic rings. The lowest BCUT2D eigenvalue weighted by Gasteiger charge is -2.03. The maximum Gasteiger partial charge on any atom is 0.287 e. The third kappa shape index (κ3) is 2.67. The highest BCUT2D eigenvalue weighted by atomic mass is 16.6. The molecular formula is C12H9N3O3. The summed E-state index contributed by atoms with van der Waals surface area (Å²) in [5.41, 5.74) is 0.380. The first-order valence-corrected chi connectivity index (χ1v) is 5.13. The van der Waals surface area contributed by atoms with Crippen molar-refractivity contribution in [1.82, 2.24) is 4.98 Å². The third-order valence-corrected chi connectivity index (χ3v) is 2.24. The van der Waals surface area contributed by atoms with Gasteiger partial charge >= 0.3 is 0 Å². The monoisotopic (exact) mass is 243 g/mol. The van der Waals surface area contributed by atoms with Crippen molar-refractivity contribution in [2.45, 2.75) is 0 Å². The first-order chi connectivity index (χ1) is 8.66. The lowest BCUT2D eigenvalue weighted by Crippen LogP contribution is -2.12. The summed E-state index contributed by atoms with van der Waals surface area (Å²) in [6, 6.07) is 11.3. The van der Waals surface area contributed by atoms with Crippen molar-refractivity contribution < 1.29 is 9.72 Å². The van der Waals surface area contributed by atoms with Gasteiger partial charge in [-0.05, 0) is 18.2 Å². The SMILES string of the molecule is O=C(Nc1ccc([N+](=O)[O-])cn1)c1ccccc1. The van der Waals surface area contributed by atoms with Crippen LogP contribution in [0.4, 0.5) is 11.5 Å². The Balaban J connectivity index is 2.10. The van der Waals surface area contributed by atoms with Gasteiger partial charge in [-0.1, -0.05) is 18.2 Å². The predicted molar refractivity (Wildman–Crippen MR) is 65.3 cm³/mol. The third-order valence-electron chi connectivity index (χ3n) is 2.24. The summed E-state index contributed by atoms with van der Waals surface area (Å²) in [4.78, 5) is 25.4. The van der Waals surface area contributed by atoms with Crippen LogP contribution in [0.25, 0.3) is 0 Å². The van der Waals surface area contributed by atoms with Crippen molar-refractivity contribution >= 4 is 17.4 Å². The van der Waals surface area contributed by atoms with Crippen LogP contribution in [0.5, 0.6) is 0 Å². The Morgan fingerprint density at radius 2 is 1.89 bits per heavy atom. The van der Waals surface area contributed by atoms with Crippen LogP contribution in [0.1, 0.15) is 10.4 Å². The molecule has 2 aromatic rings. The minimum absolute atomic E-state index is 0.118. The molecule has 2 rings (SSSR count). The number of amides is 1. The lowest BCUT2D eigenvalue weighted by atomic mass is 10.2. The van der Waals surface area contributed by atoms with Crippen molar-refractivity contribution in [3.05, 3.63) is 64.3 Å². The Morgan fingerprint density at radius 3 is 2.44 bits per heavy atom. The summed E-state index contributed by atoms with van der Waals surface area (Å²) in [6.45, 7) is 0. The number of carbonyl (C=O) groups is 1. The number of anilines is 1. The van der Waals surface area contributed by atoms with Crippen LogP contribution in [0.2, 0.25) is 0 Å². The maximum atomic E-state index is 11.7. The number of rotatable bonds is 3. The second-order valence-corrected chi connectivity index (χ2v) is 3.48. The fraction of sp³-hybridized carbons (Fsp3) is 0. The maximum absolute atomic E-state index is 11.7. The molecule has 1 aromatic carbocycles. The molecule has 0 aliphatic carbocycles. The largest absolute Gasteiger partial charge is 0.307 e. The van der Waals surface area contributed by atoms with E-state index >= 15 is 0 Å². The summed E-state index contributed by atoms with van der Waals surface area (Å²) in [7, 11) is 0. The van der Waals surface area contributed by atoms with E-state index in [1.54, 1.807) is 30.3 Å². The van der Waals surface area contributed by atoms with E-state index in [-0.39, 0.29) is 17.4 Å². The molecule has 1 aromatic heterocycles. The zero-order valence-corrected chi connectivity index (χ0v) is 9.24. The fourth-order valence-corrected chi connectivity index (χ4v) is 1.35. The summed E-state index contributed by atoms with van der Waals surface area (Å²) in [5, 5.41) is 13.0. The summed E-state index contributed by atoms with van der Waals surface area (Å²) in [5.74, 6) is -0.0357. The van der Waals surface area contributed by atoms with Gasteiger partial charge in [-0.15, -0.1) is 0 Å². The number of hydrogen-bond donors (Lipinski definition) is 1. The molecular weight excluding hydrogens is 234 g/mol. The van der Waals surface area contributed by atoms with Crippen molar-refractivity contribution in [2.24, 2.45) is 0 Å². The number of pyridine rings is 1. The molecule has 0 spiro atoms. The highest BCUT2D eigenvalue weighted by Crippen LogP contribution is 2.12. The van der Waals surface area contributed by atoms with E-state index in [1.165, 1.54) is 12.1 Å². The Morgan fingerprint density at radius 1 is 1.17 bits per heavy atom. The Hall–Kier alpha value is -2.76. The molecule has 1 heterocycles. The number of nitrogens with one attached hydrogen (secondary N) is 1. The molecule has 6 heteroatoms. The number of carbonyl (C=O) groups excluding carboxylic acids is 1. The minimum Gasteiger partial charge on any atom is -0.307 e. The number of nitro groups is 1. The van der Waals surface area contributed by atoms with Gasteiger partial charge in [0.15, 0.2) is 0 Å². The molecule has 1 amide bonds. The predicted octanol–water partition coefficient (Wildman–Crippen LogP) is 2.24. The van der Waals surface area contributed by atoms with Gasteiger partial charge < -0.3 is 5.32 Å². The Kier molecular flexibility index (Phi) is 3.29. The fourth-order valence-electron chi connectivity index (χ4n) is 1.35. The topological polar surface area (TPSA) is 85.1 Å². The molecule has 18 heavy (non-hydrogen) atoms. The smallest absolute Gasteiger partial charge is 0.287 e. The van der Waals surface area contributed by atoms with Gasteiger partial charge in [0.25, 0.3) is 11.6 Å². The quantitative estimate of drug-likeness (QED) is 0.661. The van der Waals surface area contributed by atoms with E-state index in [2.05, 4.69) is 10.3 Å². The molecule has 0 aliphatic heterocycles. The normalized spacial score (nSPS) is 9.78. The average Bonchev–Trinajstić information content (AvgIpc) is 2.40. The summed E-state index contributed by atoms with van der Waals surface area (Å²) in [6.07, 6.45) is 1.10. The molecule has 0 fully saturated rings. The van der Waals surface area contributed by atoms with Crippen molar-refractivity contribution in [1.29, 1.82) is 0 Å². The van der Waals surface area contributed by atoms with E-state index in [0.717, 1.165) is 6.20 Å².